The minimum atomic E-state index is -0.546. The van der Waals surface area contributed by atoms with E-state index in [-0.39, 0.29) is 18.2 Å². The lowest BCUT2D eigenvalue weighted by molar-refractivity contribution is -0.122. The largest absolute Gasteiger partial charge is 0.274 e. The molecule has 0 bridgehead atoms. The monoisotopic (exact) mass is 347 g/mol. The molecule has 21 heavy (non-hydrogen) atoms. The molecule has 0 unspecified atom stereocenters. The van der Waals surface area contributed by atoms with Gasteiger partial charge in [-0.05, 0) is 44.2 Å². The van der Waals surface area contributed by atoms with Gasteiger partial charge in [0.25, 0.3) is 5.91 Å². The first-order valence-electron chi connectivity index (χ1n) is 6.62. The Morgan fingerprint density at radius 2 is 1.86 bits per heavy atom. The highest BCUT2D eigenvalue weighted by Gasteiger charge is 2.41. The van der Waals surface area contributed by atoms with Gasteiger partial charge in [0.15, 0.2) is 0 Å². The van der Waals surface area contributed by atoms with Gasteiger partial charge < -0.3 is 0 Å². The van der Waals surface area contributed by atoms with E-state index in [1.807, 2.05) is 32.0 Å². The molecule has 0 N–H and O–H groups in total. The maximum absolute atomic E-state index is 12.6. The first kappa shape index (κ1) is 14.0. The minimum Gasteiger partial charge on any atom is -0.274 e. The van der Waals surface area contributed by atoms with E-state index in [4.69, 9.17) is 0 Å². The van der Waals surface area contributed by atoms with E-state index < -0.39 is 6.04 Å². The molecule has 1 aromatic carbocycles. The summed E-state index contributed by atoms with van der Waals surface area (Å²) in [7, 11) is 0. The molecule has 1 aliphatic heterocycles. The normalized spacial score (nSPS) is 18.6. The summed E-state index contributed by atoms with van der Waals surface area (Å²) in [5.41, 5.74) is 2.32. The third kappa shape index (κ3) is 2.40. The maximum Gasteiger partial charge on any atom is 0.259 e. The molecule has 5 nitrogen and oxygen atoms in total. The standard InChI is InChI=1S/C15H14BrN3O2/c1-9-7-10(2)19(17-9)13-8-14(20)18(15(13)21)12-5-3-11(16)4-6-12/h3-7,13H,8H2,1-2H3/t13-/m1/s1. The van der Waals surface area contributed by atoms with Gasteiger partial charge in [0.2, 0.25) is 5.91 Å². The molecule has 1 aromatic heterocycles. The fourth-order valence-corrected chi connectivity index (χ4v) is 2.89. The van der Waals surface area contributed by atoms with Crippen molar-refractivity contribution in [2.75, 3.05) is 4.90 Å². The zero-order chi connectivity index (χ0) is 15.1. The van der Waals surface area contributed by atoms with Crippen LogP contribution in [0.5, 0.6) is 0 Å². The highest BCUT2D eigenvalue weighted by molar-refractivity contribution is 9.10. The van der Waals surface area contributed by atoms with Crippen molar-refractivity contribution in [1.82, 2.24) is 9.78 Å². The van der Waals surface area contributed by atoms with Crippen molar-refractivity contribution in [3.05, 3.63) is 46.2 Å². The highest BCUT2D eigenvalue weighted by Crippen LogP contribution is 2.30. The number of halogens is 1. The highest BCUT2D eigenvalue weighted by atomic mass is 79.9. The van der Waals surface area contributed by atoms with Gasteiger partial charge in [0, 0.05) is 10.2 Å². The summed E-state index contributed by atoms with van der Waals surface area (Å²) < 4.78 is 2.55. The minimum absolute atomic E-state index is 0.150. The van der Waals surface area contributed by atoms with Gasteiger partial charge in [-0.25, -0.2) is 4.90 Å². The Hall–Kier alpha value is -1.95. The maximum atomic E-state index is 12.6. The van der Waals surface area contributed by atoms with Crippen LogP contribution in [0, 0.1) is 13.8 Å². The molecular weight excluding hydrogens is 334 g/mol. The molecule has 3 rings (SSSR count). The van der Waals surface area contributed by atoms with Crippen LogP contribution in [-0.2, 0) is 9.59 Å². The molecule has 108 valence electrons. The third-order valence-electron chi connectivity index (χ3n) is 3.55. The lowest BCUT2D eigenvalue weighted by atomic mass is 10.2. The van der Waals surface area contributed by atoms with Crippen LogP contribution in [0.2, 0.25) is 0 Å². The van der Waals surface area contributed by atoms with Crippen molar-refractivity contribution >= 4 is 33.4 Å². The number of imide groups is 1. The quantitative estimate of drug-likeness (QED) is 0.785. The Labute approximate surface area is 130 Å². The van der Waals surface area contributed by atoms with Crippen LogP contribution >= 0.6 is 15.9 Å². The van der Waals surface area contributed by atoms with Gasteiger partial charge in [-0.1, -0.05) is 15.9 Å². The molecule has 2 aromatic rings. The number of carbonyl (C=O) groups excluding carboxylic acids is 2. The number of aromatic nitrogens is 2. The zero-order valence-electron chi connectivity index (χ0n) is 11.7. The van der Waals surface area contributed by atoms with Crippen LogP contribution in [0.15, 0.2) is 34.8 Å². The third-order valence-corrected chi connectivity index (χ3v) is 4.08. The molecule has 0 aliphatic carbocycles. The van der Waals surface area contributed by atoms with Crippen molar-refractivity contribution in [2.45, 2.75) is 26.3 Å². The Bertz CT molecular complexity index is 721. The Morgan fingerprint density at radius 1 is 1.19 bits per heavy atom. The number of aryl methyl sites for hydroxylation is 2. The van der Waals surface area contributed by atoms with Crippen molar-refractivity contribution < 1.29 is 9.59 Å². The summed E-state index contributed by atoms with van der Waals surface area (Å²) in [6.45, 7) is 3.76. The van der Waals surface area contributed by atoms with Gasteiger partial charge in [0.05, 0.1) is 17.8 Å². The van der Waals surface area contributed by atoms with E-state index in [0.29, 0.717) is 5.69 Å². The summed E-state index contributed by atoms with van der Waals surface area (Å²) in [4.78, 5) is 26.1. The molecule has 2 heterocycles. The van der Waals surface area contributed by atoms with E-state index in [1.165, 1.54) is 4.90 Å². The van der Waals surface area contributed by atoms with Gasteiger partial charge in [0.1, 0.15) is 6.04 Å². The topological polar surface area (TPSA) is 55.2 Å². The van der Waals surface area contributed by atoms with E-state index in [2.05, 4.69) is 21.0 Å². The number of benzene rings is 1. The van der Waals surface area contributed by atoms with Gasteiger partial charge in [-0.3, -0.25) is 14.3 Å². The van der Waals surface area contributed by atoms with E-state index >= 15 is 0 Å². The fraction of sp³-hybridized carbons (Fsp3) is 0.267. The molecule has 1 atom stereocenters. The molecule has 0 saturated carbocycles. The van der Waals surface area contributed by atoms with Gasteiger partial charge >= 0.3 is 0 Å². The first-order valence-corrected chi connectivity index (χ1v) is 7.42. The number of anilines is 1. The molecule has 0 spiro atoms. The molecule has 0 radical (unpaired) electrons. The van der Waals surface area contributed by atoms with Crippen molar-refractivity contribution in [2.24, 2.45) is 0 Å². The van der Waals surface area contributed by atoms with Crippen LogP contribution < -0.4 is 4.90 Å². The summed E-state index contributed by atoms with van der Waals surface area (Å²) >= 11 is 3.34. The molecule has 2 amide bonds. The molecule has 1 saturated heterocycles. The number of amides is 2. The second-order valence-corrected chi connectivity index (χ2v) is 6.05. The Balaban J connectivity index is 1.95. The molecular formula is C15H14BrN3O2. The van der Waals surface area contributed by atoms with Crippen molar-refractivity contribution in [3.8, 4) is 0 Å². The predicted octanol–water partition coefficient (Wildman–Crippen LogP) is 2.77. The van der Waals surface area contributed by atoms with Crippen LogP contribution in [0.25, 0.3) is 0 Å². The van der Waals surface area contributed by atoms with Crippen LogP contribution in [-0.4, -0.2) is 21.6 Å². The lowest BCUT2D eigenvalue weighted by Crippen LogP contribution is -2.31. The number of rotatable bonds is 2. The average molecular weight is 348 g/mol. The van der Waals surface area contributed by atoms with Gasteiger partial charge in [-0.15, -0.1) is 0 Å². The van der Waals surface area contributed by atoms with Crippen LogP contribution in [0.3, 0.4) is 0 Å². The average Bonchev–Trinajstić information content (AvgIpc) is 2.91. The fourth-order valence-electron chi connectivity index (χ4n) is 2.63. The van der Waals surface area contributed by atoms with E-state index in [1.54, 1.807) is 16.8 Å². The SMILES string of the molecule is Cc1cc(C)n([C@@H]2CC(=O)N(c3ccc(Br)cc3)C2=O)n1. The Kier molecular flexibility index (Phi) is 3.41. The summed E-state index contributed by atoms with van der Waals surface area (Å²) in [5.74, 6) is -0.423. The molecule has 6 heteroatoms. The molecule has 1 aliphatic rings. The van der Waals surface area contributed by atoms with Gasteiger partial charge in [-0.2, -0.15) is 5.10 Å². The lowest BCUT2D eigenvalue weighted by Gasteiger charge is -2.15. The summed E-state index contributed by atoms with van der Waals surface area (Å²) in [6.07, 6.45) is 0.150. The Morgan fingerprint density at radius 3 is 2.43 bits per heavy atom. The summed E-state index contributed by atoms with van der Waals surface area (Å²) in [6, 6.07) is 8.49. The number of hydrogen-bond donors (Lipinski definition) is 0. The second-order valence-electron chi connectivity index (χ2n) is 5.14. The predicted molar refractivity (Wildman–Crippen MR) is 82.0 cm³/mol. The smallest absolute Gasteiger partial charge is 0.259 e. The number of carbonyl (C=O) groups is 2. The first-order chi connectivity index (χ1) is 9.97. The summed E-state index contributed by atoms with van der Waals surface area (Å²) in [5, 5.41) is 4.33. The second kappa shape index (κ2) is 5.11. The van der Waals surface area contributed by atoms with Crippen molar-refractivity contribution in [1.29, 1.82) is 0 Å². The van der Waals surface area contributed by atoms with E-state index in [0.717, 1.165) is 15.9 Å². The number of hydrogen-bond acceptors (Lipinski definition) is 3. The van der Waals surface area contributed by atoms with E-state index in [9.17, 15) is 9.59 Å². The van der Waals surface area contributed by atoms with Crippen LogP contribution in [0.1, 0.15) is 23.9 Å². The number of nitrogens with zero attached hydrogens (tertiary/aromatic N) is 3. The van der Waals surface area contributed by atoms with Crippen molar-refractivity contribution in [3.63, 3.8) is 0 Å². The molecule has 1 fully saturated rings. The zero-order valence-corrected chi connectivity index (χ0v) is 13.3. The van der Waals surface area contributed by atoms with Crippen LogP contribution in [0.4, 0.5) is 5.69 Å².